The molecule has 1 aromatic rings. The van der Waals surface area contributed by atoms with Crippen molar-refractivity contribution in [2.75, 3.05) is 20.3 Å². The van der Waals surface area contributed by atoms with Crippen LogP contribution in [0.3, 0.4) is 0 Å². The molecule has 1 atom stereocenters. The van der Waals surface area contributed by atoms with E-state index >= 15 is 0 Å². The van der Waals surface area contributed by atoms with Crippen molar-refractivity contribution in [2.45, 2.75) is 6.04 Å². The van der Waals surface area contributed by atoms with Gasteiger partial charge < -0.3 is 15.8 Å². The van der Waals surface area contributed by atoms with E-state index in [0.717, 1.165) is 0 Å². The van der Waals surface area contributed by atoms with E-state index in [0.29, 0.717) is 12.2 Å². The van der Waals surface area contributed by atoms with E-state index in [1.54, 1.807) is 30.3 Å². The van der Waals surface area contributed by atoms with Gasteiger partial charge in [-0.3, -0.25) is 9.63 Å². The lowest BCUT2D eigenvalue weighted by Gasteiger charge is -2.17. The Hall–Kier alpha value is -2.12. The SMILES string of the molecule is COCCONC(=O)C(NC(N)=O)c1ccccc1. The van der Waals surface area contributed by atoms with Crippen molar-refractivity contribution in [1.29, 1.82) is 0 Å². The predicted octanol–water partition coefficient (Wildman–Crippen LogP) is 0.0902. The number of nitrogens with one attached hydrogen (secondary N) is 2. The van der Waals surface area contributed by atoms with Crippen LogP contribution >= 0.6 is 0 Å². The molecule has 0 bridgehead atoms. The summed E-state index contributed by atoms with van der Waals surface area (Å²) >= 11 is 0. The molecule has 19 heavy (non-hydrogen) atoms. The van der Waals surface area contributed by atoms with Crippen LogP contribution in [-0.2, 0) is 14.4 Å². The molecule has 104 valence electrons. The van der Waals surface area contributed by atoms with E-state index in [1.807, 2.05) is 0 Å². The lowest BCUT2D eigenvalue weighted by atomic mass is 10.1. The van der Waals surface area contributed by atoms with Gasteiger partial charge in [0, 0.05) is 7.11 Å². The number of rotatable bonds is 7. The van der Waals surface area contributed by atoms with Crippen LogP contribution in [0.1, 0.15) is 11.6 Å². The summed E-state index contributed by atoms with van der Waals surface area (Å²) in [6.07, 6.45) is 0. The number of amides is 3. The van der Waals surface area contributed by atoms with Crippen molar-refractivity contribution < 1.29 is 19.2 Å². The van der Waals surface area contributed by atoms with Crippen LogP contribution in [0, 0.1) is 0 Å². The van der Waals surface area contributed by atoms with Crippen LogP contribution in [0.15, 0.2) is 30.3 Å². The van der Waals surface area contributed by atoms with Crippen molar-refractivity contribution >= 4 is 11.9 Å². The van der Waals surface area contributed by atoms with Crippen molar-refractivity contribution in [3.63, 3.8) is 0 Å². The molecular formula is C12H17N3O4. The van der Waals surface area contributed by atoms with Crippen molar-refractivity contribution in [3.05, 3.63) is 35.9 Å². The van der Waals surface area contributed by atoms with Gasteiger partial charge in [0.05, 0.1) is 13.2 Å². The monoisotopic (exact) mass is 267 g/mol. The number of hydroxylamine groups is 1. The highest BCUT2D eigenvalue weighted by atomic mass is 16.7. The van der Waals surface area contributed by atoms with E-state index in [-0.39, 0.29) is 6.61 Å². The fraction of sp³-hybridized carbons (Fsp3) is 0.333. The standard InChI is InChI=1S/C12H17N3O4/c1-18-7-8-19-15-11(16)10(14-12(13)17)9-5-3-2-4-6-9/h2-6,10H,7-8H2,1H3,(H,15,16)(H3,13,14,17). The molecule has 0 aliphatic heterocycles. The third-order valence-corrected chi connectivity index (χ3v) is 2.24. The summed E-state index contributed by atoms with van der Waals surface area (Å²) in [6.45, 7) is 0.555. The lowest BCUT2D eigenvalue weighted by molar-refractivity contribution is -0.136. The van der Waals surface area contributed by atoms with Gasteiger partial charge in [0.15, 0.2) is 0 Å². The second kappa shape index (κ2) is 8.06. The summed E-state index contributed by atoms with van der Waals surface area (Å²) in [5.41, 5.74) is 7.89. The van der Waals surface area contributed by atoms with E-state index in [4.69, 9.17) is 15.3 Å². The first-order chi connectivity index (χ1) is 9.15. The van der Waals surface area contributed by atoms with Crippen LogP contribution in [0.5, 0.6) is 0 Å². The highest BCUT2D eigenvalue weighted by Crippen LogP contribution is 2.12. The maximum Gasteiger partial charge on any atom is 0.313 e. The number of methoxy groups -OCH3 is 1. The minimum atomic E-state index is -0.902. The smallest absolute Gasteiger partial charge is 0.313 e. The Bertz CT molecular complexity index is 411. The third kappa shape index (κ3) is 5.36. The number of primary amides is 1. The zero-order chi connectivity index (χ0) is 14.1. The van der Waals surface area contributed by atoms with Gasteiger partial charge in [0.2, 0.25) is 0 Å². The maximum absolute atomic E-state index is 11.9. The summed E-state index contributed by atoms with van der Waals surface area (Å²) in [7, 11) is 1.52. The van der Waals surface area contributed by atoms with Gasteiger partial charge >= 0.3 is 6.03 Å². The Morgan fingerprint density at radius 2 is 1.95 bits per heavy atom. The second-order valence-electron chi connectivity index (χ2n) is 3.66. The van der Waals surface area contributed by atoms with Gasteiger partial charge in [-0.15, -0.1) is 0 Å². The van der Waals surface area contributed by atoms with Crippen LogP contribution in [0.4, 0.5) is 4.79 Å². The summed E-state index contributed by atoms with van der Waals surface area (Å²) in [4.78, 5) is 27.7. The average Bonchev–Trinajstić information content (AvgIpc) is 2.41. The highest BCUT2D eigenvalue weighted by molar-refractivity contribution is 5.87. The van der Waals surface area contributed by atoms with E-state index in [2.05, 4.69) is 10.8 Å². The first-order valence-corrected chi connectivity index (χ1v) is 5.66. The number of ether oxygens (including phenoxy) is 1. The molecule has 0 saturated heterocycles. The Morgan fingerprint density at radius 1 is 1.26 bits per heavy atom. The molecule has 4 N–H and O–H groups in total. The second-order valence-corrected chi connectivity index (χ2v) is 3.66. The summed E-state index contributed by atoms with van der Waals surface area (Å²) in [6, 6.07) is 7.03. The molecule has 0 heterocycles. The minimum absolute atomic E-state index is 0.209. The Labute approximate surface area is 111 Å². The predicted molar refractivity (Wildman–Crippen MR) is 67.9 cm³/mol. The number of nitrogens with two attached hydrogens (primary N) is 1. The molecule has 0 radical (unpaired) electrons. The van der Waals surface area contributed by atoms with Gasteiger partial charge in [-0.2, -0.15) is 0 Å². The summed E-state index contributed by atoms with van der Waals surface area (Å²) in [5.74, 6) is -0.513. The Kier molecular flexibility index (Phi) is 6.34. The fourth-order valence-electron chi connectivity index (χ4n) is 1.39. The molecule has 7 nitrogen and oxygen atoms in total. The van der Waals surface area contributed by atoms with Gasteiger partial charge in [0.1, 0.15) is 6.04 Å². The molecular weight excluding hydrogens is 250 g/mol. The van der Waals surface area contributed by atoms with Crippen molar-refractivity contribution in [2.24, 2.45) is 5.73 Å². The van der Waals surface area contributed by atoms with E-state index in [1.165, 1.54) is 7.11 Å². The highest BCUT2D eigenvalue weighted by Gasteiger charge is 2.21. The van der Waals surface area contributed by atoms with Gasteiger partial charge in [-0.05, 0) is 5.56 Å². The first-order valence-electron chi connectivity index (χ1n) is 5.66. The molecule has 0 spiro atoms. The number of carbonyl (C=O) groups excluding carboxylic acids is 2. The number of carbonyl (C=O) groups is 2. The average molecular weight is 267 g/mol. The third-order valence-electron chi connectivity index (χ3n) is 2.24. The van der Waals surface area contributed by atoms with Crippen molar-refractivity contribution in [3.8, 4) is 0 Å². The van der Waals surface area contributed by atoms with Gasteiger partial charge in [-0.1, -0.05) is 30.3 Å². The lowest BCUT2D eigenvalue weighted by Crippen LogP contribution is -2.42. The van der Waals surface area contributed by atoms with Crippen LogP contribution < -0.4 is 16.5 Å². The molecule has 3 amide bonds. The fourth-order valence-corrected chi connectivity index (χ4v) is 1.39. The van der Waals surface area contributed by atoms with Crippen molar-refractivity contribution in [1.82, 2.24) is 10.8 Å². The van der Waals surface area contributed by atoms with E-state index in [9.17, 15) is 9.59 Å². The normalized spacial score (nSPS) is 11.6. The molecule has 0 saturated carbocycles. The molecule has 0 aliphatic carbocycles. The number of hydrogen-bond acceptors (Lipinski definition) is 4. The largest absolute Gasteiger partial charge is 0.382 e. The zero-order valence-electron chi connectivity index (χ0n) is 10.6. The summed E-state index contributed by atoms with van der Waals surface area (Å²) in [5, 5.41) is 2.35. The number of urea groups is 1. The molecule has 0 aliphatic rings. The molecule has 1 unspecified atom stereocenters. The molecule has 1 rings (SSSR count). The molecule has 0 fully saturated rings. The first kappa shape index (κ1) is 14.9. The van der Waals surface area contributed by atoms with Crippen LogP contribution in [0.25, 0.3) is 0 Å². The van der Waals surface area contributed by atoms with E-state index < -0.39 is 18.0 Å². The van der Waals surface area contributed by atoms with Crippen LogP contribution in [0.2, 0.25) is 0 Å². The van der Waals surface area contributed by atoms with Gasteiger partial charge in [0.25, 0.3) is 5.91 Å². The maximum atomic E-state index is 11.9. The number of benzene rings is 1. The topological polar surface area (TPSA) is 103 Å². The van der Waals surface area contributed by atoms with Crippen LogP contribution in [-0.4, -0.2) is 32.3 Å². The molecule has 0 aromatic heterocycles. The summed E-state index contributed by atoms with van der Waals surface area (Å²) < 4.78 is 4.77. The molecule has 1 aromatic carbocycles. The number of hydrogen-bond donors (Lipinski definition) is 3. The minimum Gasteiger partial charge on any atom is -0.382 e. The van der Waals surface area contributed by atoms with Gasteiger partial charge in [-0.25, -0.2) is 10.3 Å². The molecule has 7 heteroatoms. The quantitative estimate of drug-likeness (QED) is 0.481. The Morgan fingerprint density at radius 3 is 2.53 bits per heavy atom. The Balaban J connectivity index is 2.63. The zero-order valence-corrected chi connectivity index (χ0v) is 10.6.